The zero-order valence-corrected chi connectivity index (χ0v) is 12.7. The molecule has 0 aliphatic carbocycles. The third kappa shape index (κ3) is 6.74. The topological polar surface area (TPSA) is 114 Å². The van der Waals surface area contributed by atoms with Crippen LogP contribution in [0.1, 0.15) is 26.0 Å². The molecule has 0 saturated carbocycles. The molecule has 3 amide bonds. The van der Waals surface area contributed by atoms with E-state index >= 15 is 0 Å². The summed E-state index contributed by atoms with van der Waals surface area (Å²) in [5.41, 5.74) is 5.23. The molecule has 4 N–H and O–H groups in total. The van der Waals surface area contributed by atoms with Crippen LogP contribution in [0, 0.1) is 5.92 Å². The Bertz CT molecular complexity index is 535. The molecule has 0 bridgehead atoms. The lowest BCUT2D eigenvalue weighted by atomic mass is 10.0. The van der Waals surface area contributed by atoms with Gasteiger partial charge in [0.2, 0.25) is 17.7 Å². The molecule has 0 spiro atoms. The molecular formula is C15H21N3O4. The summed E-state index contributed by atoms with van der Waals surface area (Å²) in [5.74, 6) is -0.754. The van der Waals surface area contributed by atoms with Crippen LogP contribution in [0.5, 0.6) is 0 Å². The number of hydrogen-bond donors (Lipinski definition) is 3. The van der Waals surface area contributed by atoms with Crippen molar-refractivity contribution < 1.29 is 18.8 Å². The number of nitrogens with one attached hydrogen (secondary N) is 2. The van der Waals surface area contributed by atoms with Gasteiger partial charge in [-0.2, -0.15) is 0 Å². The number of furan rings is 1. The molecule has 1 aromatic rings. The molecule has 0 radical (unpaired) electrons. The highest BCUT2D eigenvalue weighted by Crippen LogP contribution is 2.04. The Kier molecular flexibility index (Phi) is 6.88. The lowest BCUT2D eigenvalue weighted by Crippen LogP contribution is -2.48. The number of hydrogen-bond acceptors (Lipinski definition) is 4. The Morgan fingerprint density at radius 1 is 1.36 bits per heavy atom. The van der Waals surface area contributed by atoms with Gasteiger partial charge in [0.25, 0.3) is 0 Å². The zero-order valence-electron chi connectivity index (χ0n) is 12.7. The van der Waals surface area contributed by atoms with Gasteiger partial charge >= 0.3 is 0 Å². The average Bonchev–Trinajstić information content (AvgIpc) is 2.94. The van der Waals surface area contributed by atoms with Gasteiger partial charge in [0.15, 0.2) is 0 Å². The van der Waals surface area contributed by atoms with Crippen molar-refractivity contribution in [1.82, 2.24) is 10.6 Å². The molecule has 120 valence electrons. The van der Waals surface area contributed by atoms with Crippen LogP contribution in [0.3, 0.4) is 0 Å². The summed E-state index contributed by atoms with van der Waals surface area (Å²) < 4.78 is 5.03. The van der Waals surface area contributed by atoms with Crippen molar-refractivity contribution in [3.63, 3.8) is 0 Å². The van der Waals surface area contributed by atoms with E-state index in [4.69, 9.17) is 10.2 Å². The smallest absolute Gasteiger partial charge is 0.244 e. The van der Waals surface area contributed by atoms with Crippen LogP contribution < -0.4 is 16.4 Å². The van der Waals surface area contributed by atoms with Crippen molar-refractivity contribution in [3.8, 4) is 0 Å². The summed E-state index contributed by atoms with van der Waals surface area (Å²) in [6, 6.07) is 2.66. The van der Waals surface area contributed by atoms with Gasteiger partial charge in [-0.25, -0.2) is 0 Å². The molecule has 0 aliphatic rings. The Morgan fingerprint density at radius 3 is 2.64 bits per heavy atom. The normalized spacial score (nSPS) is 12.3. The third-order valence-electron chi connectivity index (χ3n) is 2.75. The van der Waals surface area contributed by atoms with Gasteiger partial charge in [-0.3, -0.25) is 14.4 Å². The summed E-state index contributed by atoms with van der Waals surface area (Å²) in [5, 5.41) is 4.91. The quantitative estimate of drug-likeness (QED) is 0.604. The largest absolute Gasteiger partial charge is 0.465 e. The molecule has 0 aromatic carbocycles. The third-order valence-corrected chi connectivity index (χ3v) is 2.75. The first-order chi connectivity index (χ1) is 10.4. The molecular weight excluding hydrogens is 286 g/mol. The minimum Gasteiger partial charge on any atom is -0.465 e. The van der Waals surface area contributed by atoms with E-state index in [1.165, 1.54) is 18.4 Å². The van der Waals surface area contributed by atoms with E-state index in [1.807, 2.05) is 13.8 Å². The minimum atomic E-state index is -0.733. The van der Waals surface area contributed by atoms with Crippen molar-refractivity contribution >= 4 is 23.8 Å². The molecule has 0 saturated heterocycles. The van der Waals surface area contributed by atoms with E-state index in [0.717, 1.165) is 0 Å². The van der Waals surface area contributed by atoms with Crippen molar-refractivity contribution in [2.45, 2.75) is 26.3 Å². The van der Waals surface area contributed by atoms with Crippen LogP contribution >= 0.6 is 0 Å². The summed E-state index contributed by atoms with van der Waals surface area (Å²) >= 11 is 0. The molecule has 1 heterocycles. The van der Waals surface area contributed by atoms with E-state index in [0.29, 0.717) is 12.2 Å². The Morgan fingerprint density at radius 2 is 2.09 bits per heavy atom. The molecule has 7 heteroatoms. The van der Waals surface area contributed by atoms with E-state index in [9.17, 15) is 14.4 Å². The summed E-state index contributed by atoms with van der Waals surface area (Å²) in [6.07, 6.45) is 4.68. The van der Waals surface area contributed by atoms with E-state index in [1.54, 1.807) is 12.1 Å². The minimum absolute atomic E-state index is 0.212. The number of nitrogens with two attached hydrogens (primary N) is 1. The zero-order chi connectivity index (χ0) is 16.5. The maximum absolute atomic E-state index is 11.7. The molecule has 22 heavy (non-hydrogen) atoms. The van der Waals surface area contributed by atoms with Gasteiger partial charge < -0.3 is 20.8 Å². The number of carbonyl (C=O) groups excluding carboxylic acids is 3. The van der Waals surface area contributed by atoms with E-state index in [-0.39, 0.29) is 12.5 Å². The molecule has 0 fully saturated rings. The average molecular weight is 307 g/mol. The van der Waals surface area contributed by atoms with Crippen LogP contribution in [0.25, 0.3) is 6.08 Å². The van der Waals surface area contributed by atoms with Crippen LogP contribution in [0.4, 0.5) is 0 Å². The predicted molar refractivity (Wildman–Crippen MR) is 81.3 cm³/mol. The fourth-order valence-corrected chi connectivity index (χ4v) is 1.73. The number of rotatable bonds is 8. The first kappa shape index (κ1) is 17.5. The highest BCUT2D eigenvalue weighted by molar-refractivity contribution is 5.94. The molecule has 0 aliphatic heterocycles. The first-order valence-corrected chi connectivity index (χ1v) is 6.96. The lowest BCUT2D eigenvalue weighted by molar-refractivity contribution is -0.128. The maximum atomic E-state index is 11.7. The van der Waals surface area contributed by atoms with E-state index < -0.39 is 23.8 Å². The SMILES string of the molecule is CC(C)CC(NC(=O)CNC(=O)C=Cc1ccco1)C(N)=O. The Hall–Kier alpha value is -2.57. The van der Waals surface area contributed by atoms with Crippen LogP contribution in [-0.2, 0) is 14.4 Å². The maximum Gasteiger partial charge on any atom is 0.244 e. The molecule has 7 nitrogen and oxygen atoms in total. The standard InChI is InChI=1S/C15H21N3O4/c1-10(2)8-12(15(16)21)18-14(20)9-17-13(19)6-5-11-4-3-7-22-11/h3-7,10,12H,8-9H2,1-2H3,(H2,16,21)(H,17,19)(H,18,20). The fraction of sp³-hybridized carbons (Fsp3) is 0.400. The second kappa shape index (κ2) is 8.66. The number of amides is 3. The van der Waals surface area contributed by atoms with Gasteiger partial charge in [-0.05, 0) is 30.5 Å². The van der Waals surface area contributed by atoms with Crippen molar-refractivity contribution in [2.75, 3.05) is 6.54 Å². The van der Waals surface area contributed by atoms with Crippen LogP contribution in [0.2, 0.25) is 0 Å². The monoisotopic (exact) mass is 307 g/mol. The lowest BCUT2D eigenvalue weighted by Gasteiger charge is -2.17. The Balaban J connectivity index is 2.38. The fourth-order valence-electron chi connectivity index (χ4n) is 1.73. The Labute approximate surface area is 128 Å². The van der Waals surface area contributed by atoms with E-state index in [2.05, 4.69) is 10.6 Å². The molecule has 1 atom stereocenters. The van der Waals surface area contributed by atoms with Crippen LogP contribution in [0.15, 0.2) is 28.9 Å². The molecule has 1 unspecified atom stereocenters. The molecule has 1 rings (SSSR count). The van der Waals surface area contributed by atoms with Crippen molar-refractivity contribution in [3.05, 3.63) is 30.2 Å². The van der Waals surface area contributed by atoms with Gasteiger partial charge in [0.1, 0.15) is 11.8 Å². The predicted octanol–water partition coefficient (Wildman–Crippen LogP) is 0.425. The number of primary amides is 1. The van der Waals surface area contributed by atoms with Crippen molar-refractivity contribution in [1.29, 1.82) is 0 Å². The second-order valence-electron chi connectivity index (χ2n) is 5.22. The molecule has 1 aromatic heterocycles. The summed E-state index contributed by atoms with van der Waals surface area (Å²) in [4.78, 5) is 34.5. The highest BCUT2D eigenvalue weighted by Gasteiger charge is 2.19. The van der Waals surface area contributed by atoms with Gasteiger partial charge in [-0.1, -0.05) is 13.8 Å². The summed E-state index contributed by atoms with van der Waals surface area (Å²) in [6.45, 7) is 3.61. The number of carbonyl (C=O) groups is 3. The second-order valence-corrected chi connectivity index (χ2v) is 5.22. The highest BCUT2D eigenvalue weighted by atomic mass is 16.3. The van der Waals surface area contributed by atoms with Gasteiger partial charge in [0, 0.05) is 6.08 Å². The van der Waals surface area contributed by atoms with Crippen LogP contribution in [-0.4, -0.2) is 30.3 Å². The van der Waals surface area contributed by atoms with Gasteiger partial charge in [0.05, 0.1) is 12.8 Å². The van der Waals surface area contributed by atoms with Gasteiger partial charge in [-0.15, -0.1) is 0 Å². The first-order valence-electron chi connectivity index (χ1n) is 6.96. The summed E-state index contributed by atoms with van der Waals surface area (Å²) in [7, 11) is 0. The van der Waals surface area contributed by atoms with Crippen molar-refractivity contribution in [2.24, 2.45) is 11.7 Å².